The van der Waals surface area contributed by atoms with Crippen LogP contribution in [-0.2, 0) is 38.1 Å². The Morgan fingerprint density at radius 3 is 1.82 bits per heavy atom. The lowest BCUT2D eigenvalue weighted by Crippen LogP contribution is -2.59. The molecule has 5 aliphatic rings. The van der Waals surface area contributed by atoms with Crippen LogP contribution in [-0.4, -0.2) is 83.8 Å². The molecule has 4 heterocycles. The number of carbonyl (C=O) groups excluding carboxylic acids is 6. The van der Waals surface area contributed by atoms with Crippen LogP contribution in [0.5, 0.6) is 0 Å². The molecule has 282 valence electrons. The molecule has 0 unspecified atom stereocenters. The van der Waals surface area contributed by atoms with Crippen LogP contribution in [0.25, 0.3) is 6.08 Å². The Hall–Kier alpha value is -5.88. The van der Waals surface area contributed by atoms with E-state index in [0.29, 0.717) is 11.1 Å². The lowest BCUT2D eigenvalue weighted by molar-refractivity contribution is -0.161. The van der Waals surface area contributed by atoms with Gasteiger partial charge in [-0.15, -0.1) is 0 Å². The summed E-state index contributed by atoms with van der Waals surface area (Å²) in [7, 11) is 0. The van der Waals surface area contributed by atoms with Gasteiger partial charge in [-0.25, -0.2) is 9.59 Å². The van der Waals surface area contributed by atoms with Crippen LogP contribution in [0.1, 0.15) is 88.7 Å². The van der Waals surface area contributed by atoms with Crippen LogP contribution >= 0.6 is 0 Å². The normalized spacial score (nSPS) is 25.3. The van der Waals surface area contributed by atoms with Gasteiger partial charge >= 0.3 is 23.9 Å². The van der Waals surface area contributed by atoms with E-state index in [2.05, 4.69) is 0 Å². The minimum atomic E-state index is -2.22. The molecule has 1 spiro atoms. The summed E-state index contributed by atoms with van der Waals surface area (Å²) >= 11 is 0. The van der Waals surface area contributed by atoms with Gasteiger partial charge in [-0.05, 0) is 56.0 Å². The Kier molecular flexibility index (Phi) is 9.03. The molecule has 3 aromatic carbocycles. The Bertz CT molecular complexity index is 2190. The largest absolute Gasteiger partial charge is 0.466 e. The molecule has 12 nitrogen and oxygen atoms in total. The summed E-state index contributed by atoms with van der Waals surface area (Å²) in [6, 6.07) is 16.5. The maximum atomic E-state index is 15.3. The average Bonchev–Trinajstić information content (AvgIpc) is 3.63. The van der Waals surface area contributed by atoms with Crippen LogP contribution in [0, 0.1) is 11.3 Å². The zero-order chi connectivity index (χ0) is 38.8. The summed E-state index contributed by atoms with van der Waals surface area (Å²) in [6.45, 7) is 6.24. The van der Waals surface area contributed by atoms with E-state index < -0.39 is 76.9 Å². The van der Waals surface area contributed by atoms with Gasteiger partial charge in [0.05, 0.1) is 50.1 Å². The first-order valence-corrected chi connectivity index (χ1v) is 18.7. The fourth-order valence-electron chi connectivity index (χ4n) is 9.84. The van der Waals surface area contributed by atoms with Crippen molar-refractivity contribution in [3.8, 4) is 0 Å². The van der Waals surface area contributed by atoms with E-state index in [0.717, 1.165) is 11.1 Å². The fraction of sp³-hybridized carbons (Fsp3) is 0.349. The van der Waals surface area contributed by atoms with E-state index >= 15 is 9.59 Å². The molecule has 3 aromatic rings. The smallest absolute Gasteiger partial charge is 0.355 e. The van der Waals surface area contributed by atoms with Gasteiger partial charge < -0.3 is 23.8 Å². The highest BCUT2D eigenvalue weighted by Crippen LogP contribution is 2.67. The second-order valence-electron chi connectivity index (χ2n) is 13.9. The molecule has 0 saturated carbocycles. The zero-order valence-electron chi connectivity index (χ0n) is 30.9. The van der Waals surface area contributed by atoms with Crippen LogP contribution in [0.2, 0.25) is 0 Å². The third kappa shape index (κ3) is 4.93. The van der Waals surface area contributed by atoms with Crippen molar-refractivity contribution in [1.29, 1.82) is 0 Å². The number of ether oxygens (including phenoxy) is 4. The van der Waals surface area contributed by atoms with Crippen molar-refractivity contribution < 1.29 is 47.7 Å². The molecular formula is C43H40N2O10. The molecule has 4 aliphatic heterocycles. The molecule has 8 rings (SSSR count). The third-order valence-corrected chi connectivity index (χ3v) is 11.5. The first kappa shape index (κ1) is 36.1. The molecular weight excluding hydrogens is 704 g/mol. The van der Waals surface area contributed by atoms with Gasteiger partial charge in [-0.2, -0.15) is 0 Å². The van der Waals surface area contributed by atoms with Crippen molar-refractivity contribution >= 4 is 41.5 Å². The van der Waals surface area contributed by atoms with Crippen molar-refractivity contribution in [2.75, 3.05) is 26.4 Å². The lowest BCUT2D eigenvalue weighted by Gasteiger charge is -2.55. The minimum absolute atomic E-state index is 0.0126. The number of hydrogen-bond acceptors (Lipinski definition) is 12. The standard InChI is InChI=1S/C43H40N2O10/c1-5-52-39(48)30-33-29(32-24-16-10-9-15-23(24)21-22-44(32)34(30)41(50)54-7-3)25-17-11-12-18-26(25)36-43(37(46)27-19-13-14-20-28(27)38(43)47)31(40(49)53-6-2)35(45(33)36)42(51)55-8-4/h9-22,29,31-33,35-36H,5-8H2,1-4H3/t29-,31+,32+,33-,35-,36-/m0/s1. The Labute approximate surface area is 317 Å². The van der Waals surface area contributed by atoms with E-state index in [-0.39, 0.29) is 48.8 Å². The van der Waals surface area contributed by atoms with Gasteiger partial charge in [0.2, 0.25) is 0 Å². The molecule has 1 saturated heterocycles. The highest BCUT2D eigenvalue weighted by atomic mass is 16.5. The van der Waals surface area contributed by atoms with Crippen molar-refractivity contribution in [1.82, 2.24) is 9.80 Å². The first-order chi connectivity index (χ1) is 26.7. The number of esters is 4. The fourth-order valence-corrected chi connectivity index (χ4v) is 9.84. The van der Waals surface area contributed by atoms with Crippen LogP contribution < -0.4 is 0 Å². The predicted octanol–water partition coefficient (Wildman–Crippen LogP) is 5.11. The summed E-state index contributed by atoms with van der Waals surface area (Å²) < 4.78 is 22.7. The molecule has 1 aliphatic carbocycles. The van der Waals surface area contributed by atoms with Crippen LogP contribution in [0.3, 0.4) is 0 Å². The number of ketones is 2. The number of fused-ring (bicyclic) bond motifs is 12. The van der Waals surface area contributed by atoms with Gasteiger partial charge in [-0.1, -0.05) is 72.8 Å². The van der Waals surface area contributed by atoms with E-state index in [1.54, 1.807) is 80.1 Å². The topological polar surface area (TPSA) is 146 Å². The van der Waals surface area contributed by atoms with Gasteiger partial charge in [0.15, 0.2) is 11.6 Å². The Morgan fingerprint density at radius 1 is 0.636 bits per heavy atom. The van der Waals surface area contributed by atoms with Crippen molar-refractivity contribution in [3.05, 3.63) is 124 Å². The number of hydrogen-bond donors (Lipinski definition) is 0. The summed E-state index contributed by atoms with van der Waals surface area (Å²) in [4.78, 5) is 92.1. The average molecular weight is 745 g/mol. The highest BCUT2D eigenvalue weighted by Gasteiger charge is 2.78. The number of carbonyl (C=O) groups is 6. The number of rotatable bonds is 8. The first-order valence-electron chi connectivity index (χ1n) is 18.7. The lowest BCUT2D eigenvalue weighted by atomic mass is 9.62. The summed E-state index contributed by atoms with van der Waals surface area (Å²) in [5.74, 6) is -7.21. The second-order valence-corrected chi connectivity index (χ2v) is 13.9. The third-order valence-electron chi connectivity index (χ3n) is 11.5. The van der Waals surface area contributed by atoms with Crippen molar-refractivity contribution in [2.45, 2.75) is 57.8 Å². The summed E-state index contributed by atoms with van der Waals surface area (Å²) in [5, 5.41) is 0. The molecule has 6 atom stereocenters. The van der Waals surface area contributed by atoms with Crippen LogP contribution in [0.15, 0.2) is 90.3 Å². The van der Waals surface area contributed by atoms with Gasteiger partial charge in [0.25, 0.3) is 0 Å². The van der Waals surface area contributed by atoms with Crippen molar-refractivity contribution in [2.24, 2.45) is 11.3 Å². The highest BCUT2D eigenvalue weighted by molar-refractivity contribution is 6.32. The number of Topliss-reactive ketones (excluding diaryl/α,β-unsaturated/α-hetero) is 2. The summed E-state index contributed by atoms with van der Waals surface area (Å²) in [5.41, 5.74) is 0.637. The molecule has 0 bridgehead atoms. The predicted molar refractivity (Wildman–Crippen MR) is 196 cm³/mol. The number of nitrogens with zero attached hydrogens (tertiary/aromatic N) is 2. The molecule has 0 aromatic heterocycles. The molecule has 0 N–H and O–H groups in total. The van der Waals surface area contributed by atoms with E-state index in [1.807, 2.05) is 42.5 Å². The second kappa shape index (κ2) is 13.8. The molecule has 55 heavy (non-hydrogen) atoms. The van der Waals surface area contributed by atoms with E-state index in [4.69, 9.17) is 18.9 Å². The molecule has 0 amide bonds. The Morgan fingerprint density at radius 2 is 1.18 bits per heavy atom. The Balaban J connectivity index is 1.53. The minimum Gasteiger partial charge on any atom is -0.466 e. The zero-order valence-corrected chi connectivity index (χ0v) is 30.9. The molecule has 0 radical (unpaired) electrons. The van der Waals surface area contributed by atoms with E-state index in [1.165, 1.54) is 0 Å². The SMILES string of the molecule is CCOC(=O)C1=C(C(=O)OCC)N2C=Cc3ccccc3[C@@H]2[C@@H]2c3ccccc3[C@@H]3N([C@H]12)[C@H](C(=O)OCC)[C@H](C(=O)OCC)C31C(=O)c2ccccc2C1=O. The monoisotopic (exact) mass is 744 g/mol. The van der Waals surface area contributed by atoms with Gasteiger partial charge in [-0.3, -0.25) is 24.1 Å². The van der Waals surface area contributed by atoms with Crippen molar-refractivity contribution in [3.63, 3.8) is 0 Å². The molecule has 12 heteroatoms. The van der Waals surface area contributed by atoms with Gasteiger partial charge in [0, 0.05) is 23.2 Å². The number of benzene rings is 3. The molecule has 1 fully saturated rings. The van der Waals surface area contributed by atoms with Gasteiger partial charge in [0.1, 0.15) is 23.1 Å². The maximum absolute atomic E-state index is 15.3. The maximum Gasteiger partial charge on any atom is 0.355 e. The van der Waals surface area contributed by atoms with E-state index in [9.17, 15) is 19.2 Å². The van der Waals surface area contributed by atoms with Crippen LogP contribution in [0.4, 0.5) is 0 Å². The summed E-state index contributed by atoms with van der Waals surface area (Å²) in [6.07, 6.45) is 3.58. The quantitative estimate of drug-likeness (QED) is 0.172.